The fraction of sp³-hybridized carbons (Fsp3) is 0.250. The third kappa shape index (κ3) is 3.13. The molecule has 0 saturated heterocycles. The van der Waals surface area contributed by atoms with Crippen LogP contribution in [0.2, 0.25) is 0 Å². The molecule has 3 aromatic rings. The highest BCUT2D eigenvalue weighted by Crippen LogP contribution is 2.55. The molecular formula is C28H26N4O4. The first-order valence-electron chi connectivity index (χ1n) is 12.0. The first-order chi connectivity index (χ1) is 17.5. The highest BCUT2D eigenvalue weighted by atomic mass is 16.5. The van der Waals surface area contributed by atoms with Gasteiger partial charge in [0.1, 0.15) is 11.6 Å². The van der Waals surface area contributed by atoms with Gasteiger partial charge in [0.25, 0.3) is 0 Å². The molecule has 8 heteroatoms. The molecule has 5 rings (SSSR count). The number of fused-ring (bicyclic) bond motifs is 3. The molecule has 3 N–H and O–H groups in total. The number of esters is 1. The molecule has 2 aromatic carbocycles. The molecule has 0 radical (unpaired) electrons. The van der Waals surface area contributed by atoms with Crippen LogP contribution in [0.4, 0.5) is 5.69 Å². The third-order valence-electron chi connectivity index (χ3n) is 6.76. The number of amides is 1. The molecule has 2 aliphatic heterocycles. The van der Waals surface area contributed by atoms with Crippen molar-refractivity contribution in [2.45, 2.75) is 32.1 Å². The molecule has 0 bridgehead atoms. The summed E-state index contributed by atoms with van der Waals surface area (Å²) in [5, 5.41) is 11.4. The summed E-state index contributed by atoms with van der Waals surface area (Å²) in [4.78, 5) is 32.6. The van der Waals surface area contributed by atoms with Crippen molar-refractivity contribution in [3.63, 3.8) is 0 Å². The number of nitrogens with two attached hydrogens (primary N) is 1. The highest BCUT2D eigenvalue weighted by Gasteiger charge is 2.62. The number of para-hydroxylation sites is 2. The van der Waals surface area contributed by atoms with Gasteiger partial charge in [-0.05, 0) is 25.5 Å². The summed E-state index contributed by atoms with van der Waals surface area (Å²) in [7, 11) is 0. The molecule has 0 saturated carbocycles. The van der Waals surface area contributed by atoms with E-state index in [1.807, 2.05) is 43.3 Å². The maximum absolute atomic E-state index is 14.4. The van der Waals surface area contributed by atoms with Crippen molar-refractivity contribution in [1.82, 2.24) is 4.98 Å². The zero-order valence-corrected chi connectivity index (χ0v) is 20.1. The van der Waals surface area contributed by atoms with Gasteiger partial charge < -0.3 is 25.1 Å². The van der Waals surface area contributed by atoms with E-state index in [0.717, 1.165) is 23.7 Å². The molecule has 8 nitrogen and oxygen atoms in total. The van der Waals surface area contributed by atoms with Gasteiger partial charge in [0.15, 0.2) is 11.2 Å². The largest absolute Gasteiger partial charge is 0.462 e. The van der Waals surface area contributed by atoms with Gasteiger partial charge in [0.05, 0.1) is 12.2 Å². The second-order valence-electron chi connectivity index (χ2n) is 8.70. The smallest absolute Gasteiger partial charge is 0.341 e. The summed E-state index contributed by atoms with van der Waals surface area (Å²) in [5.41, 5.74) is 7.01. The van der Waals surface area contributed by atoms with Gasteiger partial charge >= 0.3 is 5.97 Å². The molecule has 182 valence electrons. The number of benzene rings is 2. The maximum Gasteiger partial charge on any atom is 0.341 e. The van der Waals surface area contributed by atoms with E-state index in [1.54, 1.807) is 30.2 Å². The fourth-order valence-corrected chi connectivity index (χ4v) is 5.21. The van der Waals surface area contributed by atoms with Crippen LogP contribution in [0.15, 0.2) is 71.8 Å². The van der Waals surface area contributed by atoms with Gasteiger partial charge in [-0.3, -0.25) is 4.79 Å². The number of H-pyrrole nitrogens is 1. The van der Waals surface area contributed by atoms with Crippen LogP contribution in [0, 0.1) is 11.3 Å². The number of anilines is 1. The SMILES string of the molecule is CCCCN1C(=O)[C@@]2(C(C#N)=C(c3c[nH]c4ccccc34)OC(N)=C2C(=O)OCC)c2ccccc21. The second-order valence-corrected chi connectivity index (χ2v) is 8.70. The lowest BCUT2D eigenvalue weighted by Gasteiger charge is -2.35. The first-order valence-corrected chi connectivity index (χ1v) is 12.0. The zero-order chi connectivity index (χ0) is 25.4. The number of nitriles is 1. The number of nitrogens with one attached hydrogen (secondary N) is 1. The number of aromatic amines is 1. The number of carbonyl (C=O) groups excluding carboxylic acids is 2. The van der Waals surface area contributed by atoms with Crippen molar-refractivity contribution in [3.8, 4) is 6.07 Å². The van der Waals surface area contributed by atoms with Crippen LogP contribution in [0.5, 0.6) is 0 Å². The summed E-state index contributed by atoms with van der Waals surface area (Å²) in [6.45, 7) is 4.21. The Morgan fingerprint density at radius 1 is 1.19 bits per heavy atom. The molecule has 0 unspecified atom stereocenters. The molecule has 0 fully saturated rings. The molecule has 2 aliphatic rings. The minimum absolute atomic E-state index is 0.000884. The van der Waals surface area contributed by atoms with E-state index in [0.29, 0.717) is 23.4 Å². The number of unbranched alkanes of at least 4 members (excludes halogenated alkanes) is 1. The fourth-order valence-electron chi connectivity index (χ4n) is 5.21. The summed E-state index contributed by atoms with van der Waals surface area (Å²) in [6, 6.07) is 17.0. The van der Waals surface area contributed by atoms with Gasteiger partial charge in [-0.15, -0.1) is 0 Å². The van der Waals surface area contributed by atoms with Crippen LogP contribution < -0.4 is 10.6 Å². The van der Waals surface area contributed by atoms with Crippen molar-refractivity contribution >= 4 is 34.2 Å². The lowest BCUT2D eigenvalue weighted by Crippen LogP contribution is -2.48. The van der Waals surface area contributed by atoms with Crippen LogP contribution in [-0.4, -0.2) is 30.0 Å². The average Bonchev–Trinajstić information content (AvgIpc) is 3.41. The minimum Gasteiger partial charge on any atom is -0.462 e. The predicted octanol–water partition coefficient (Wildman–Crippen LogP) is 4.25. The number of rotatable bonds is 6. The van der Waals surface area contributed by atoms with Gasteiger partial charge in [0, 0.05) is 40.5 Å². The second kappa shape index (κ2) is 8.93. The van der Waals surface area contributed by atoms with Crippen molar-refractivity contribution in [2.75, 3.05) is 18.1 Å². The summed E-state index contributed by atoms with van der Waals surface area (Å²) in [6.07, 6.45) is 3.33. The topological polar surface area (TPSA) is 121 Å². The lowest BCUT2D eigenvalue weighted by molar-refractivity contribution is -0.140. The standard InChI is InChI=1S/C28H26N4O4/c1-3-5-14-32-22-13-9-7-11-19(22)28(27(32)34)20(15-29)24(36-25(30)23(28)26(33)35-4-2)18-16-31-21-12-8-6-10-17(18)21/h6-13,16,31H,3-5,14,30H2,1-2H3/t28-/m1/s1. The normalized spacial score (nSPS) is 19.0. The number of carbonyl (C=O) groups is 2. The van der Waals surface area contributed by atoms with E-state index >= 15 is 0 Å². The van der Waals surface area contributed by atoms with E-state index < -0.39 is 17.3 Å². The summed E-state index contributed by atoms with van der Waals surface area (Å²) < 4.78 is 11.4. The Bertz CT molecular complexity index is 1490. The Labute approximate surface area is 208 Å². The van der Waals surface area contributed by atoms with Crippen LogP contribution in [0.25, 0.3) is 16.7 Å². The molecule has 36 heavy (non-hydrogen) atoms. The van der Waals surface area contributed by atoms with Gasteiger partial charge in [-0.1, -0.05) is 49.7 Å². The quantitative estimate of drug-likeness (QED) is 0.507. The molecule has 0 aliphatic carbocycles. The Balaban J connectivity index is 1.87. The Kier molecular flexibility index (Phi) is 5.77. The monoisotopic (exact) mass is 482 g/mol. The minimum atomic E-state index is -1.79. The van der Waals surface area contributed by atoms with E-state index in [-0.39, 0.29) is 29.4 Å². The van der Waals surface area contributed by atoms with Crippen LogP contribution >= 0.6 is 0 Å². The zero-order valence-electron chi connectivity index (χ0n) is 20.1. The van der Waals surface area contributed by atoms with E-state index in [9.17, 15) is 14.9 Å². The summed E-state index contributed by atoms with van der Waals surface area (Å²) >= 11 is 0. The number of nitrogens with zero attached hydrogens (tertiary/aromatic N) is 2. The number of hydrogen-bond acceptors (Lipinski definition) is 6. The van der Waals surface area contributed by atoms with Crippen LogP contribution in [0.3, 0.4) is 0 Å². The van der Waals surface area contributed by atoms with Crippen molar-refractivity contribution in [2.24, 2.45) is 5.73 Å². The molecule has 1 atom stereocenters. The number of ether oxygens (including phenoxy) is 2. The Hall–Kier alpha value is -4.51. The number of aromatic nitrogens is 1. The predicted molar refractivity (Wildman–Crippen MR) is 135 cm³/mol. The molecule has 1 aromatic heterocycles. The molecule has 3 heterocycles. The lowest BCUT2D eigenvalue weighted by atomic mass is 9.67. The average molecular weight is 483 g/mol. The number of hydrogen-bond donors (Lipinski definition) is 2. The van der Waals surface area contributed by atoms with Crippen molar-refractivity contribution < 1.29 is 19.1 Å². The van der Waals surface area contributed by atoms with Crippen molar-refractivity contribution in [3.05, 3.63) is 82.9 Å². The van der Waals surface area contributed by atoms with E-state index in [4.69, 9.17) is 15.2 Å². The summed E-state index contributed by atoms with van der Waals surface area (Å²) in [5.74, 6) is -1.32. The van der Waals surface area contributed by atoms with Gasteiger partial charge in [-0.2, -0.15) is 5.26 Å². The first kappa shape index (κ1) is 23.2. The van der Waals surface area contributed by atoms with E-state index in [2.05, 4.69) is 11.1 Å². The van der Waals surface area contributed by atoms with Crippen LogP contribution in [0.1, 0.15) is 37.8 Å². The molecular weight excluding hydrogens is 456 g/mol. The molecule has 1 amide bonds. The maximum atomic E-state index is 14.4. The Morgan fingerprint density at radius 3 is 2.69 bits per heavy atom. The molecule has 1 spiro atoms. The van der Waals surface area contributed by atoms with Crippen molar-refractivity contribution in [1.29, 1.82) is 5.26 Å². The Morgan fingerprint density at radius 2 is 1.94 bits per heavy atom. The third-order valence-corrected chi connectivity index (χ3v) is 6.76. The van der Waals surface area contributed by atoms with Gasteiger partial charge in [0.2, 0.25) is 11.8 Å². The van der Waals surface area contributed by atoms with Crippen LogP contribution in [-0.2, 0) is 24.5 Å². The van der Waals surface area contributed by atoms with Gasteiger partial charge in [-0.25, -0.2) is 4.79 Å². The highest BCUT2D eigenvalue weighted by molar-refractivity contribution is 6.20. The van der Waals surface area contributed by atoms with E-state index in [1.165, 1.54) is 0 Å².